The van der Waals surface area contributed by atoms with E-state index in [1.54, 1.807) is 0 Å². The minimum atomic E-state index is 0. The third-order valence-electron chi connectivity index (χ3n) is 4.44. The zero-order chi connectivity index (χ0) is 17.6. The lowest BCUT2D eigenvalue weighted by molar-refractivity contribution is -0.130. The number of aryl methyl sites for hydroxylation is 1. The smallest absolute Gasteiger partial charge is 0.253 e. The lowest BCUT2D eigenvalue weighted by Crippen LogP contribution is -2.51. The fraction of sp³-hybridized carbons (Fsp3) is 0.300. The van der Waals surface area contributed by atoms with Crippen LogP contribution in [0.15, 0.2) is 54.6 Å². The van der Waals surface area contributed by atoms with E-state index in [-0.39, 0.29) is 30.8 Å². The highest BCUT2D eigenvalue weighted by atomic mass is 35.5. The molecule has 0 saturated carbocycles. The number of benzene rings is 2. The molecule has 138 valence electrons. The molecule has 0 bridgehead atoms. The van der Waals surface area contributed by atoms with Gasteiger partial charge in [0.25, 0.3) is 5.91 Å². The third kappa shape index (κ3) is 4.99. The molecule has 2 aromatic rings. The summed E-state index contributed by atoms with van der Waals surface area (Å²) in [5.41, 5.74) is 2.78. The first-order valence-corrected chi connectivity index (χ1v) is 8.56. The number of para-hydroxylation sites is 1. The molecule has 0 unspecified atom stereocenters. The van der Waals surface area contributed by atoms with Crippen molar-refractivity contribution in [2.75, 3.05) is 38.0 Å². The zero-order valence-electron chi connectivity index (χ0n) is 14.9. The van der Waals surface area contributed by atoms with Gasteiger partial charge in [0.2, 0.25) is 5.91 Å². The standard InChI is InChI=1S/C20H23N3O2.ClH/c1-16-7-9-17(10-8-16)20(25)23-13-11-22(12-14-23)19(24)15-21-18-5-3-2-4-6-18;/h2-10,21H,11-15H2,1H3;1H. The van der Waals surface area contributed by atoms with E-state index in [9.17, 15) is 9.59 Å². The van der Waals surface area contributed by atoms with E-state index in [4.69, 9.17) is 0 Å². The van der Waals surface area contributed by atoms with Crippen molar-refractivity contribution in [1.29, 1.82) is 0 Å². The summed E-state index contributed by atoms with van der Waals surface area (Å²) < 4.78 is 0. The molecule has 1 saturated heterocycles. The normalized spacial score (nSPS) is 13.7. The topological polar surface area (TPSA) is 52.7 Å². The molecule has 0 atom stereocenters. The van der Waals surface area contributed by atoms with Gasteiger partial charge in [-0.2, -0.15) is 0 Å². The van der Waals surface area contributed by atoms with Crippen LogP contribution in [0.3, 0.4) is 0 Å². The molecule has 0 spiro atoms. The molecule has 0 aliphatic carbocycles. The van der Waals surface area contributed by atoms with Gasteiger partial charge in [0.15, 0.2) is 0 Å². The van der Waals surface area contributed by atoms with Crippen molar-refractivity contribution in [3.05, 3.63) is 65.7 Å². The molecule has 1 aliphatic rings. The van der Waals surface area contributed by atoms with Crippen molar-refractivity contribution in [2.24, 2.45) is 0 Å². The fourth-order valence-corrected chi connectivity index (χ4v) is 2.88. The Labute approximate surface area is 160 Å². The van der Waals surface area contributed by atoms with Crippen molar-refractivity contribution < 1.29 is 9.59 Å². The van der Waals surface area contributed by atoms with E-state index in [0.29, 0.717) is 31.7 Å². The summed E-state index contributed by atoms with van der Waals surface area (Å²) >= 11 is 0. The molecule has 2 aromatic carbocycles. The summed E-state index contributed by atoms with van der Waals surface area (Å²) in [5.74, 6) is 0.0980. The van der Waals surface area contributed by atoms with Crippen molar-refractivity contribution in [3.63, 3.8) is 0 Å². The number of piperazine rings is 1. The number of nitrogens with one attached hydrogen (secondary N) is 1. The number of amides is 2. The lowest BCUT2D eigenvalue weighted by Gasteiger charge is -2.35. The number of anilines is 1. The summed E-state index contributed by atoms with van der Waals surface area (Å²) in [6.45, 7) is 4.57. The summed E-state index contributed by atoms with van der Waals surface area (Å²) in [5, 5.41) is 3.14. The van der Waals surface area contributed by atoms with Gasteiger partial charge in [0.1, 0.15) is 0 Å². The first-order chi connectivity index (χ1) is 12.1. The molecular weight excluding hydrogens is 350 g/mol. The minimum absolute atomic E-state index is 0. The Morgan fingerprint density at radius 1 is 0.885 bits per heavy atom. The van der Waals surface area contributed by atoms with Crippen molar-refractivity contribution >= 4 is 29.9 Å². The molecule has 0 aromatic heterocycles. The summed E-state index contributed by atoms with van der Waals surface area (Å²) in [4.78, 5) is 28.5. The Kier molecular flexibility index (Phi) is 7.04. The maximum absolute atomic E-state index is 12.5. The molecule has 2 amide bonds. The number of carbonyl (C=O) groups excluding carboxylic acids is 2. The predicted molar refractivity (Wildman–Crippen MR) is 106 cm³/mol. The number of hydrogen-bond acceptors (Lipinski definition) is 3. The van der Waals surface area contributed by atoms with Crippen molar-refractivity contribution in [1.82, 2.24) is 9.80 Å². The average Bonchev–Trinajstić information content (AvgIpc) is 2.67. The van der Waals surface area contributed by atoms with Crippen LogP contribution in [0.5, 0.6) is 0 Å². The molecule has 0 radical (unpaired) electrons. The first-order valence-electron chi connectivity index (χ1n) is 8.56. The Balaban J connectivity index is 0.00000243. The maximum Gasteiger partial charge on any atom is 0.253 e. The van der Waals surface area contributed by atoms with Crippen LogP contribution >= 0.6 is 12.4 Å². The van der Waals surface area contributed by atoms with Gasteiger partial charge >= 0.3 is 0 Å². The Bertz CT molecular complexity index is 726. The van der Waals surface area contributed by atoms with Gasteiger partial charge < -0.3 is 15.1 Å². The van der Waals surface area contributed by atoms with Gasteiger partial charge in [-0.1, -0.05) is 35.9 Å². The number of rotatable bonds is 4. The molecule has 6 heteroatoms. The van der Waals surface area contributed by atoms with E-state index in [1.807, 2.05) is 71.3 Å². The highest BCUT2D eigenvalue weighted by molar-refractivity contribution is 5.94. The minimum Gasteiger partial charge on any atom is -0.376 e. The quantitative estimate of drug-likeness (QED) is 0.896. The summed E-state index contributed by atoms with van der Waals surface area (Å²) in [7, 11) is 0. The summed E-state index contributed by atoms with van der Waals surface area (Å²) in [6.07, 6.45) is 0. The molecule has 3 rings (SSSR count). The van der Waals surface area contributed by atoms with Crippen molar-refractivity contribution in [3.8, 4) is 0 Å². The van der Waals surface area contributed by atoms with Gasteiger partial charge in [0.05, 0.1) is 6.54 Å². The van der Waals surface area contributed by atoms with E-state index in [1.165, 1.54) is 0 Å². The van der Waals surface area contributed by atoms with Crippen molar-refractivity contribution in [2.45, 2.75) is 6.92 Å². The highest BCUT2D eigenvalue weighted by Crippen LogP contribution is 2.11. The van der Waals surface area contributed by atoms with Crippen LogP contribution in [0.2, 0.25) is 0 Å². The monoisotopic (exact) mass is 373 g/mol. The van der Waals surface area contributed by atoms with Gasteiger partial charge in [-0.3, -0.25) is 9.59 Å². The largest absolute Gasteiger partial charge is 0.376 e. The van der Waals surface area contributed by atoms with E-state index >= 15 is 0 Å². The Morgan fingerprint density at radius 3 is 2.08 bits per heavy atom. The number of nitrogens with zero attached hydrogens (tertiary/aromatic N) is 2. The molecule has 1 heterocycles. The van der Waals surface area contributed by atoms with Crippen LogP contribution in [0, 0.1) is 6.92 Å². The second-order valence-electron chi connectivity index (χ2n) is 6.26. The van der Waals surface area contributed by atoms with E-state index in [0.717, 1.165) is 11.3 Å². The number of carbonyl (C=O) groups is 2. The molecular formula is C20H24ClN3O2. The van der Waals surface area contributed by atoms with Crippen LogP contribution in [-0.2, 0) is 4.79 Å². The highest BCUT2D eigenvalue weighted by Gasteiger charge is 2.24. The molecule has 5 nitrogen and oxygen atoms in total. The van der Waals surface area contributed by atoms with Gasteiger partial charge in [0, 0.05) is 37.4 Å². The predicted octanol–water partition coefficient (Wildman–Crippen LogP) is 2.81. The SMILES string of the molecule is Cc1ccc(C(=O)N2CCN(C(=O)CNc3ccccc3)CC2)cc1.Cl. The van der Waals surface area contributed by atoms with E-state index in [2.05, 4.69) is 5.32 Å². The lowest BCUT2D eigenvalue weighted by atomic mass is 10.1. The molecule has 1 N–H and O–H groups in total. The molecule has 1 aliphatic heterocycles. The van der Waals surface area contributed by atoms with Gasteiger partial charge in [-0.15, -0.1) is 12.4 Å². The number of halogens is 1. The zero-order valence-corrected chi connectivity index (χ0v) is 15.7. The van der Waals surface area contributed by atoms with Gasteiger partial charge in [-0.05, 0) is 31.2 Å². The van der Waals surface area contributed by atoms with Crippen LogP contribution in [0.1, 0.15) is 15.9 Å². The van der Waals surface area contributed by atoms with Crippen LogP contribution in [0.25, 0.3) is 0 Å². The maximum atomic E-state index is 12.5. The third-order valence-corrected chi connectivity index (χ3v) is 4.44. The number of hydrogen-bond donors (Lipinski definition) is 1. The van der Waals surface area contributed by atoms with E-state index < -0.39 is 0 Å². The Hall–Kier alpha value is -2.53. The summed E-state index contributed by atoms with van der Waals surface area (Å²) in [6, 6.07) is 17.3. The Morgan fingerprint density at radius 2 is 1.46 bits per heavy atom. The van der Waals surface area contributed by atoms with Gasteiger partial charge in [-0.25, -0.2) is 0 Å². The first kappa shape index (κ1) is 19.8. The second kappa shape index (κ2) is 9.25. The van der Waals surface area contributed by atoms with Crippen LogP contribution < -0.4 is 5.32 Å². The molecule has 26 heavy (non-hydrogen) atoms. The molecule has 1 fully saturated rings. The fourth-order valence-electron chi connectivity index (χ4n) is 2.88. The second-order valence-corrected chi connectivity index (χ2v) is 6.26. The average molecular weight is 374 g/mol. The van der Waals surface area contributed by atoms with Crippen LogP contribution in [-0.4, -0.2) is 54.3 Å². The van der Waals surface area contributed by atoms with Crippen LogP contribution in [0.4, 0.5) is 5.69 Å².